The van der Waals surface area contributed by atoms with Crippen LogP contribution in [0.25, 0.3) is 0 Å². The second kappa shape index (κ2) is 6.26. The SMILES string of the molecule is COc1cc(C(=O)C(=O)O)c(Br)cc1OC1CCCC1. The van der Waals surface area contributed by atoms with Crippen LogP contribution in [-0.4, -0.2) is 30.1 Å². The second-order valence-electron chi connectivity index (χ2n) is 4.64. The quantitative estimate of drug-likeness (QED) is 0.657. The molecule has 0 aliphatic heterocycles. The molecule has 0 amide bonds. The van der Waals surface area contributed by atoms with Crippen molar-refractivity contribution in [1.82, 2.24) is 0 Å². The summed E-state index contributed by atoms with van der Waals surface area (Å²) in [6.45, 7) is 0. The molecule has 1 N–H and O–H groups in total. The van der Waals surface area contributed by atoms with Crippen molar-refractivity contribution in [2.24, 2.45) is 0 Å². The Morgan fingerprint density at radius 1 is 1.25 bits per heavy atom. The molecule has 1 fully saturated rings. The van der Waals surface area contributed by atoms with E-state index in [0.717, 1.165) is 25.7 Å². The largest absolute Gasteiger partial charge is 0.493 e. The molecule has 108 valence electrons. The van der Waals surface area contributed by atoms with E-state index in [1.54, 1.807) is 6.07 Å². The van der Waals surface area contributed by atoms with Crippen molar-refractivity contribution in [3.05, 3.63) is 22.2 Å². The van der Waals surface area contributed by atoms with Gasteiger partial charge in [-0.1, -0.05) is 0 Å². The Morgan fingerprint density at radius 2 is 1.90 bits per heavy atom. The Kier molecular flexibility index (Phi) is 4.65. The Balaban J connectivity index is 2.31. The van der Waals surface area contributed by atoms with Crippen LogP contribution in [0, 0.1) is 0 Å². The van der Waals surface area contributed by atoms with E-state index < -0.39 is 11.8 Å². The topological polar surface area (TPSA) is 72.8 Å². The summed E-state index contributed by atoms with van der Waals surface area (Å²) in [7, 11) is 1.46. The summed E-state index contributed by atoms with van der Waals surface area (Å²) in [5.41, 5.74) is 0.0492. The monoisotopic (exact) mass is 342 g/mol. The van der Waals surface area contributed by atoms with Crippen molar-refractivity contribution >= 4 is 27.7 Å². The highest BCUT2D eigenvalue weighted by Gasteiger charge is 2.23. The maximum Gasteiger partial charge on any atom is 0.377 e. The molecule has 1 saturated carbocycles. The van der Waals surface area contributed by atoms with Gasteiger partial charge in [-0.2, -0.15) is 0 Å². The number of hydrogen-bond donors (Lipinski definition) is 1. The number of halogens is 1. The lowest BCUT2D eigenvalue weighted by molar-refractivity contribution is -0.131. The van der Waals surface area contributed by atoms with Crippen LogP contribution < -0.4 is 9.47 Å². The Bertz CT molecular complexity index is 535. The number of rotatable bonds is 5. The number of carbonyl (C=O) groups is 2. The Hall–Kier alpha value is -1.56. The highest BCUT2D eigenvalue weighted by molar-refractivity contribution is 9.10. The van der Waals surface area contributed by atoms with Crippen molar-refractivity contribution in [1.29, 1.82) is 0 Å². The molecule has 2 rings (SSSR count). The number of hydrogen-bond acceptors (Lipinski definition) is 4. The average molecular weight is 343 g/mol. The fourth-order valence-electron chi connectivity index (χ4n) is 2.26. The lowest BCUT2D eigenvalue weighted by atomic mass is 10.1. The summed E-state index contributed by atoms with van der Waals surface area (Å²) < 4.78 is 11.4. The standard InChI is InChI=1S/C14H15BrO5/c1-19-11-6-9(13(16)14(17)18)10(15)7-12(11)20-8-4-2-3-5-8/h6-8H,2-5H2,1H3,(H,17,18). The number of methoxy groups -OCH3 is 1. The van der Waals surface area contributed by atoms with E-state index in [0.29, 0.717) is 16.0 Å². The summed E-state index contributed by atoms with van der Waals surface area (Å²) >= 11 is 3.21. The number of Topliss-reactive ketones (excluding diaryl/α,β-unsaturated/α-hetero) is 1. The van der Waals surface area contributed by atoms with Crippen molar-refractivity contribution in [3.8, 4) is 11.5 Å². The first-order valence-corrected chi connectivity index (χ1v) is 7.14. The van der Waals surface area contributed by atoms with Crippen LogP contribution in [0.15, 0.2) is 16.6 Å². The smallest absolute Gasteiger partial charge is 0.377 e. The fraction of sp³-hybridized carbons (Fsp3) is 0.429. The summed E-state index contributed by atoms with van der Waals surface area (Å²) in [6, 6.07) is 2.98. The van der Waals surface area contributed by atoms with E-state index in [9.17, 15) is 9.59 Å². The third kappa shape index (κ3) is 3.12. The van der Waals surface area contributed by atoms with Crippen molar-refractivity contribution in [2.75, 3.05) is 7.11 Å². The summed E-state index contributed by atoms with van der Waals surface area (Å²) in [6.07, 6.45) is 4.43. The van der Waals surface area contributed by atoms with E-state index in [-0.39, 0.29) is 11.7 Å². The molecule has 0 unspecified atom stereocenters. The summed E-state index contributed by atoms with van der Waals surface area (Å²) in [5.74, 6) is -1.60. The molecule has 5 nitrogen and oxygen atoms in total. The van der Waals surface area contributed by atoms with Gasteiger partial charge in [-0.15, -0.1) is 0 Å². The predicted octanol–water partition coefficient (Wildman–Crippen LogP) is 3.05. The normalized spacial score (nSPS) is 15.1. The molecule has 0 bridgehead atoms. The van der Waals surface area contributed by atoms with Crippen molar-refractivity contribution in [2.45, 2.75) is 31.8 Å². The van der Waals surface area contributed by atoms with Crippen LogP contribution in [0.4, 0.5) is 0 Å². The fourth-order valence-corrected chi connectivity index (χ4v) is 2.76. The van der Waals surface area contributed by atoms with Crippen LogP contribution >= 0.6 is 15.9 Å². The molecule has 1 aliphatic carbocycles. The molecule has 0 saturated heterocycles. The predicted molar refractivity (Wildman–Crippen MR) is 75.5 cm³/mol. The van der Waals surface area contributed by atoms with Gasteiger partial charge in [0.2, 0.25) is 0 Å². The molecule has 1 aliphatic rings. The first-order chi connectivity index (χ1) is 9.52. The number of aliphatic carboxylic acids is 1. The lowest BCUT2D eigenvalue weighted by Gasteiger charge is -2.17. The summed E-state index contributed by atoms with van der Waals surface area (Å²) in [5, 5.41) is 8.78. The van der Waals surface area contributed by atoms with Gasteiger partial charge >= 0.3 is 5.97 Å². The van der Waals surface area contributed by atoms with Crippen LogP contribution in [-0.2, 0) is 4.79 Å². The van der Waals surface area contributed by atoms with E-state index in [1.807, 2.05) is 0 Å². The Labute approximate surface area is 125 Å². The third-order valence-electron chi connectivity index (χ3n) is 3.29. The lowest BCUT2D eigenvalue weighted by Crippen LogP contribution is -2.15. The molecule has 0 heterocycles. The highest BCUT2D eigenvalue weighted by atomic mass is 79.9. The van der Waals surface area contributed by atoms with E-state index in [4.69, 9.17) is 14.6 Å². The van der Waals surface area contributed by atoms with Gasteiger partial charge in [-0.3, -0.25) is 4.79 Å². The first kappa shape index (κ1) is 14.8. The molecule has 1 aromatic rings. The third-order valence-corrected chi connectivity index (χ3v) is 3.94. The zero-order valence-electron chi connectivity index (χ0n) is 11.0. The molecule has 6 heteroatoms. The number of benzene rings is 1. The molecule has 0 atom stereocenters. The number of carboxylic acid groups (broad SMARTS) is 1. The second-order valence-corrected chi connectivity index (χ2v) is 5.50. The van der Waals surface area contributed by atoms with E-state index >= 15 is 0 Å². The zero-order chi connectivity index (χ0) is 14.7. The van der Waals surface area contributed by atoms with Gasteiger partial charge in [0.25, 0.3) is 5.78 Å². The van der Waals surface area contributed by atoms with Gasteiger partial charge in [-0.25, -0.2) is 4.79 Å². The maximum absolute atomic E-state index is 11.6. The van der Waals surface area contributed by atoms with Crippen LogP contribution in [0.5, 0.6) is 11.5 Å². The molecule has 0 spiro atoms. The minimum Gasteiger partial charge on any atom is -0.493 e. The van der Waals surface area contributed by atoms with Crippen LogP contribution in [0.3, 0.4) is 0 Å². The van der Waals surface area contributed by atoms with Crippen LogP contribution in [0.1, 0.15) is 36.0 Å². The molecule has 0 aromatic heterocycles. The minimum atomic E-state index is -1.50. The molecular formula is C14H15BrO5. The molecule has 0 radical (unpaired) electrons. The number of ketones is 1. The number of carbonyl (C=O) groups excluding carboxylic acids is 1. The van der Waals surface area contributed by atoms with Gasteiger partial charge in [-0.05, 0) is 53.7 Å². The molecule has 20 heavy (non-hydrogen) atoms. The van der Waals surface area contributed by atoms with E-state index in [1.165, 1.54) is 13.2 Å². The Morgan fingerprint density at radius 3 is 2.45 bits per heavy atom. The number of ether oxygens (including phenoxy) is 2. The zero-order valence-corrected chi connectivity index (χ0v) is 12.6. The highest BCUT2D eigenvalue weighted by Crippen LogP contribution is 2.36. The van der Waals surface area contributed by atoms with Gasteiger partial charge in [0.15, 0.2) is 11.5 Å². The first-order valence-electron chi connectivity index (χ1n) is 6.34. The maximum atomic E-state index is 11.6. The van der Waals surface area contributed by atoms with Gasteiger partial charge in [0, 0.05) is 10.0 Å². The van der Waals surface area contributed by atoms with Crippen molar-refractivity contribution < 1.29 is 24.2 Å². The molecule has 1 aromatic carbocycles. The average Bonchev–Trinajstić information content (AvgIpc) is 2.91. The molecular weight excluding hydrogens is 328 g/mol. The van der Waals surface area contributed by atoms with E-state index in [2.05, 4.69) is 15.9 Å². The number of carboxylic acids is 1. The summed E-state index contributed by atoms with van der Waals surface area (Å²) in [4.78, 5) is 22.3. The van der Waals surface area contributed by atoms with Gasteiger partial charge in [0.1, 0.15) is 0 Å². The van der Waals surface area contributed by atoms with Gasteiger partial charge in [0.05, 0.1) is 13.2 Å². The van der Waals surface area contributed by atoms with Crippen molar-refractivity contribution in [3.63, 3.8) is 0 Å². The minimum absolute atomic E-state index is 0.0492. The van der Waals surface area contributed by atoms with Crippen LogP contribution in [0.2, 0.25) is 0 Å². The van der Waals surface area contributed by atoms with Gasteiger partial charge < -0.3 is 14.6 Å².